The second-order valence-electron chi connectivity index (χ2n) is 2.22. The van der Waals surface area contributed by atoms with Crippen LogP contribution in [0.2, 0.25) is 0 Å². The molecule has 0 N–H and O–H groups in total. The van der Waals surface area contributed by atoms with Crippen molar-refractivity contribution in [2.45, 2.75) is 18.6 Å². The fourth-order valence-corrected chi connectivity index (χ4v) is 1.27. The Labute approximate surface area is 121 Å². The third-order valence-electron chi connectivity index (χ3n) is 1.34. The fraction of sp³-hybridized carbons (Fsp3) is 0.250. The minimum absolute atomic E-state index is 0. The number of hydrogen-bond donors (Lipinski definition) is 0. The normalized spacial score (nSPS) is 20.1. The smallest absolute Gasteiger partial charge is 0.744 e. The quantitative estimate of drug-likeness (QED) is 0.364. The maximum absolute atomic E-state index is 11.2. The Kier molecular flexibility index (Phi) is 2.03. The van der Waals surface area contributed by atoms with Crippen LogP contribution < -0.4 is 29.6 Å². The Balaban J connectivity index is 0.00000484. The maximum Gasteiger partial charge on any atom is 1.00 e. The molecule has 0 bridgehead atoms. The van der Waals surface area contributed by atoms with Crippen molar-refractivity contribution < 1.29 is 53.5 Å². The third kappa shape index (κ3) is 3.09. The first-order valence-electron chi connectivity index (χ1n) is 7.11. The summed E-state index contributed by atoms with van der Waals surface area (Å²) in [5.74, 6) is 0. The molecule has 0 saturated carbocycles. The Morgan fingerprint density at radius 1 is 1.47 bits per heavy atom. The van der Waals surface area contributed by atoms with Gasteiger partial charge in [-0.15, -0.1) is 4.91 Å². The van der Waals surface area contributed by atoms with E-state index in [0.717, 1.165) is 0 Å². The molecule has 0 unspecified atom stereocenters. The number of nitrogens with zero attached hydrogens (tertiary/aromatic N) is 1. The third-order valence-corrected chi connectivity index (χ3v) is 2.15. The van der Waals surface area contributed by atoms with E-state index in [2.05, 4.69) is 5.18 Å². The standard InChI is InChI=1S/C8H9NO4S.Na/c1-5-3-4-7(14(11,12)13)6(2)8(5)9-10;/h3-4H,1-2H3,(H,11,12,13);/q;+1/p-1/i1D3,2D3,3D,4D;. The SMILES string of the molecule is [2H]c1c([2H])c(S(=O)(=O)[O-])c(C([2H])([2H])[2H])c(N=O)c1C([2H])([2H])[2H].[Na+]. The van der Waals surface area contributed by atoms with Crippen LogP contribution in [0, 0.1) is 18.6 Å². The van der Waals surface area contributed by atoms with Gasteiger partial charge in [0.15, 0.2) is 0 Å². The van der Waals surface area contributed by atoms with Crippen molar-refractivity contribution in [3.63, 3.8) is 0 Å². The van der Waals surface area contributed by atoms with Crippen LogP contribution in [0.1, 0.15) is 22.1 Å². The Morgan fingerprint density at radius 2 is 2.13 bits per heavy atom. The van der Waals surface area contributed by atoms with Gasteiger partial charge in [0.2, 0.25) is 0 Å². The van der Waals surface area contributed by atoms with Gasteiger partial charge in [0.1, 0.15) is 15.8 Å². The molecule has 0 aliphatic carbocycles. The maximum atomic E-state index is 11.2. The average Bonchev–Trinajstić information content (AvgIpc) is 2.26. The van der Waals surface area contributed by atoms with Crippen LogP contribution in [0.15, 0.2) is 22.2 Å². The largest absolute Gasteiger partial charge is 1.00 e. The monoisotopic (exact) mass is 245 g/mol. The second-order valence-corrected chi connectivity index (χ2v) is 3.54. The first kappa shape index (κ1) is 5.88. The fourth-order valence-electron chi connectivity index (χ4n) is 0.752. The van der Waals surface area contributed by atoms with E-state index in [1.165, 1.54) is 0 Å². The molecular formula is C8H8NNaO4S. The number of rotatable bonds is 2. The molecule has 0 saturated heterocycles. The predicted octanol–water partition coefficient (Wildman–Crippen LogP) is -1.39. The molecule has 0 radical (unpaired) electrons. The van der Waals surface area contributed by atoms with Gasteiger partial charge in [0.25, 0.3) is 0 Å². The molecule has 1 aromatic rings. The summed E-state index contributed by atoms with van der Waals surface area (Å²) < 4.78 is 91.8. The zero-order valence-corrected chi connectivity index (χ0v) is 10.3. The van der Waals surface area contributed by atoms with E-state index in [1.54, 1.807) is 0 Å². The van der Waals surface area contributed by atoms with E-state index in [9.17, 15) is 17.9 Å². The van der Waals surface area contributed by atoms with E-state index >= 15 is 0 Å². The van der Waals surface area contributed by atoms with Gasteiger partial charge in [-0.1, -0.05) is 6.04 Å². The van der Waals surface area contributed by atoms with Crippen LogP contribution >= 0.6 is 0 Å². The van der Waals surface area contributed by atoms with E-state index < -0.39 is 57.6 Å². The molecule has 0 spiro atoms. The molecule has 7 heteroatoms. The molecule has 1 aromatic carbocycles. The molecule has 0 heterocycles. The predicted molar refractivity (Wildman–Crippen MR) is 49.3 cm³/mol. The van der Waals surface area contributed by atoms with Gasteiger partial charge >= 0.3 is 29.6 Å². The van der Waals surface area contributed by atoms with Gasteiger partial charge in [-0.25, -0.2) is 8.42 Å². The van der Waals surface area contributed by atoms with Crippen molar-refractivity contribution in [3.05, 3.63) is 28.1 Å². The molecule has 0 amide bonds. The summed E-state index contributed by atoms with van der Waals surface area (Å²) in [5, 5.41) is 2.20. The van der Waals surface area contributed by atoms with Crippen LogP contribution in [0.25, 0.3) is 0 Å². The number of benzene rings is 1. The Morgan fingerprint density at radius 3 is 2.53 bits per heavy atom. The van der Waals surface area contributed by atoms with Crippen molar-refractivity contribution in [1.82, 2.24) is 0 Å². The van der Waals surface area contributed by atoms with Gasteiger partial charge in [-0.2, -0.15) is 0 Å². The van der Waals surface area contributed by atoms with Crippen molar-refractivity contribution >= 4 is 15.8 Å². The summed E-state index contributed by atoms with van der Waals surface area (Å²) in [5.41, 5.74) is -3.99. The van der Waals surface area contributed by atoms with Gasteiger partial charge in [0.05, 0.1) is 7.64 Å². The first-order chi connectivity index (χ1) is 9.64. The molecule has 0 aromatic heterocycles. The van der Waals surface area contributed by atoms with E-state index in [-0.39, 0.29) is 29.6 Å². The van der Waals surface area contributed by atoms with E-state index in [1.807, 2.05) is 0 Å². The average molecular weight is 245 g/mol. The summed E-state index contributed by atoms with van der Waals surface area (Å²) in [4.78, 5) is 9.25. The van der Waals surface area contributed by atoms with Crippen LogP contribution in [-0.2, 0) is 10.1 Å². The Bertz CT molecular complexity index is 742. The number of nitroso groups, excluding NO2 is 1. The van der Waals surface area contributed by atoms with Gasteiger partial charge in [-0.3, -0.25) is 0 Å². The number of hydrogen-bond acceptors (Lipinski definition) is 5. The molecule has 15 heavy (non-hydrogen) atoms. The topological polar surface area (TPSA) is 86.6 Å². The van der Waals surface area contributed by atoms with Gasteiger partial charge in [-0.05, 0) is 36.0 Å². The van der Waals surface area contributed by atoms with Crippen LogP contribution in [-0.4, -0.2) is 13.0 Å². The minimum atomic E-state index is -5.56. The van der Waals surface area contributed by atoms with Gasteiger partial charge < -0.3 is 4.55 Å². The van der Waals surface area contributed by atoms with Crippen LogP contribution in [0.5, 0.6) is 0 Å². The molecule has 0 aliphatic heterocycles. The Hall–Kier alpha value is -0.270. The second kappa shape index (κ2) is 5.18. The molecular weight excluding hydrogens is 229 g/mol. The van der Waals surface area contributed by atoms with Crippen LogP contribution in [0.4, 0.5) is 5.69 Å². The van der Waals surface area contributed by atoms with Crippen molar-refractivity contribution in [3.8, 4) is 0 Å². The molecule has 5 nitrogen and oxygen atoms in total. The van der Waals surface area contributed by atoms with E-state index in [0.29, 0.717) is 0 Å². The summed E-state index contributed by atoms with van der Waals surface area (Å²) in [6.45, 7) is -6.61. The summed E-state index contributed by atoms with van der Waals surface area (Å²) in [6.07, 6.45) is 0. The molecule has 0 atom stereocenters. The first-order valence-corrected chi connectivity index (χ1v) is 4.52. The van der Waals surface area contributed by atoms with Crippen molar-refractivity contribution in [2.24, 2.45) is 5.18 Å². The minimum Gasteiger partial charge on any atom is -0.744 e. The summed E-state index contributed by atoms with van der Waals surface area (Å²) >= 11 is 0. The molecule has 0 fully saturated rings. The van der Waals surface area contributed by atoms with Crippen LogP contribution in [0.3, 0.4) is 0 Å². The van der Waals surface area contributed by atoms with Crippen molar-refractivity contribution in [1.29, 1.82) is 0 Å². The summed E-state index contributed by atoms with van der Waals surface area (Å²) in [7, 11) is -5.56. The molecule has 1 rings (SSSR count). The van der Waals surface area contributed by atoms with Gasteiger partial charge in [0, 0.05) is 8.22 Å². The molecule has 0 aliphatic rings. The van der Waals surface area contributed by atoms with Crippen molar-refractivity contribution in [2.75, 3.05) is 0 Å². The zero-order valence-electron chi connectivity index (χ0n) is 15.5. The van der Waals surface area contributed by atoms with E-state index in [4.69, 9.17) is 11.0 Å². The zero-order chi connectivity index (χ0) is 17.7. The summed E-state index contributed by atoms with van der Waals surface area (Å²) in [6, 6.07) is -2.67. The molecule has 76 valence electrons.